The summed E-state index contributed by atoms with van der Waals surface area (Å²) in [6, 6.07) is 11.6. The van der Waals surface area contributed by atoms with E-state index < -0.39 is 0 Å². The van der Waals surface area contributed by atoms with Gasteiger partial charge in [0.2, 0.25) is 0 Å². The lowest BCUT2D eigenvalue weighted by atomic mass is 10.1. The summed E-state index contributed by atoms with van der Waals surface area (Å²) in [5.41, 5.74) is 4.02. The van der Waals surface area contributed by atoms with Crippen molar-refractivity contribution < 1.29 is 9.53 Å². The first kappa shape index (κ1) is 13.2. The number of hydrogen-bond donors (Lipinski definition) is 0. The zero-order valence-corrected chi connectivity index (χ0v) is 12.0. The zero-order valence-electron chi connectivity index (χ0n) is 11.3. The fourth-order valence-corrected chi connectivity index (χ4v) is 2.74. The molecule has 3 rings (SSSR count). The maximum Gasteiger partial charge on any atom is 0.163 e. The highest BCUT2D eigenvalue weighted by molar-refractivity contribution is 6.31. The summed E-state index contributed by atoms with van der Waals surface area (Å²) in [5, 5.41) is 0.723. The second-order valence-corrected chi connectivity index (χ2v) is 5.53. The number of rotatable bonds is 3. The molecule has 2 aromatic rings. The maximum absolute atomic E-state index is 11.6. The SMILES string of the molecule is Cc1ccc(COc2ccc3c(c2)CCC3=O)c(Cl)c1. The minimum atomic E-state index is 0.230. The molecule has 1 aliphatic carbocycles. The number of ether oxygens (including phenoxy) is 1. The Bertz CT molecular complexity index is 677. The van der Waals surface area contributed by atoms with Crippen LogP contribution in [0.4, 0.5) is 0 Å². The Kier molecular flexibility index (Phi) is 3.49. The van der Waals surface area contributed by atoms with E-state index >= 15 is 0 Å². The molecule has 0 atom stereocenters. The quantitative estimate of drug-likeness (QED) is 0.838. The third kappa shape index (κ3) is 2.56. The number of halogens is 1. The van der Waals surface area contributed by atoms with Gasteiger partial charge in [-0.15, -0.1) is 0 Å². The lowest BCUT2D eigenvalue weighted by Gasteiger charge is -2.09. The summed E-state index contributed by atoms with van der Waals surface area (Å²) in [5.74, 6) is 1.02. The summed E-state index contributed by atoms with van der Waals surface area (Å²) in [6.45, 7) is 2.44. The minimum absolute atomic E-state index is 0.230. The van der Waals surface area contributed by atoms with Crippen LogP contribution < -0.4 is 4.74 Å². The number of carbonyl (C=O) groups excluding carboxylic acids is 1. The molecule has 0 saturated carbocycles. The zero-order chi connectivity index (χ0) is 14.1. The highest BCUT2D eigenvalue weighted by atomic mass is 35.5. The standard InChI is InChI=1S/C17H15ClO2/c1-11-2-3-13(16(18)8-11)10-20-14-5-6-15-12(9-14)4-7-17(15)19/h2-3,5-6,8-9H,4,7,10H2,1H3. The van der Waals surface area contributed by atoms with Gasteiger partial charge < -0.3 is 4.74 Å². The van der Waals surface area contributed by atoms with E-state index in [4.69, 9.17) is 16.3 Å². The Morgan fingerprint density at radius 2 is 2.00 bits per heavy atom. The van der Waals surface area contributed by atoms with E-state index in [1.807, 2.05) is 43.3 Å². The van der Waals surface area contributed by atoms with Crippen molar-refractivity contribution in [3.05, 3.63) is 63.7 Å². The van der Waals surface area contributed by atoms with Gasteiger partial charge in [-0.25, -0.2) is 0 Å². The molecule has 0 radical (unpaired) electrons. The molecule has 0 N–H and O–H groups in total. The molecule has 20 heavy (non-hydrogen) atoms. The molecule has 0 amide bonds. The van der Waals surface area contributed by atoms with E-state index in [2.05, 4.69) is 0 Å². The molecule has 0 bridgehead atoms. The van der Waals surface area contributed by atoms with Crippen LogP contribution in [0.5, 0.6) is 5.75 Å². The Hall–Kier alpha value is -1.80. The van der Waals surface area contributed by atoms with Gasteiger partial charge in [-0.1, -0.05) is 23.7 Å². The first-order valence-corrected chi connectivity index (χ1v) is 7.05. The second kappa shape index (κ2) is 5.29. The Morgan fingerprint density at radius 3 is 2.80 bits per heavy atom. The smallest absolute Gasteiger partial charge is 0.163 e. The fraction of sp³-hybridized carbons (Fsp3) is 0.235. The second-order valence-electron chi connectivity index (χ2n) is 5.13. The van der Waals surface area contributed by atoms with E-state index in [0.29, 0.717) is 13.0 Å². The van der Waals surface area contributed by atoms with Crippen molar-refractivity contribution in [1.82, 2.24) is 0 Å². The van der Waals surface area contributed by atoms with Crippen molar-refractivity contribution in [3.63, 3.8) is 0 Å². The molecule has 0 aromatic heterocycles. The average Bonchev–Trinajstić information content (AvgIpc) is 2.79. The Balaban J connectivity index is 1.74. The normalized spacial score (nSPS) is 13.4. The summed E-state index contributed by atoms with van der Waals surface area (Å²) in [4.78, 5) is 11.6. The molecule has 0 spiro atoms. The van der Waals surface area contributed by atoms with Crippen molar-refractivity contribution in [2.45, 2.75) is 26.4 Å². The van der Waals surface area contributed by atoms with Crippen LogP contribution in [0.2, 0.25) is 5.02 Å². The van der Waals surface area contributed by atoms with Gasteiger partial charge in [0.25, 0.3) is 0 Å². The molecular formula is C17H15ClO2. The highest BCUT2D eigenvalue weighted by Crippen LogP contribution is 2.27. The Morgan fingerprint density at radius 1 is 1.15 bits per heavy atom. The van der Waals surface area contributed by atoms with Crippen molar-refractivity contribution in [1.29, 1.82) is 0 Å². The van der Waals surface area contributed by atoms with Crippen molar-refractivity contribution in [2.24, 2.45) is 0 Å². The first-order valence-electron chi connectivity index (χ1n) is 6.67. The summed E-state index contributed by atoms with van der Waals surface area (Å²) >= 11 is 6.18. The molecule has 0 aliphatic heterocycles. The van der Waals surface area contributed by atoms with Crippen LogP contribution in [0.25, 0.3) is 0 Å². The van der Waals surface area contributed by atoms with Gasteiger partial charge >= 0.3 is 0 Å². The molecule has 0 saturated heterocycles. The number of fused-ring (bicyclic) bond motifs is 1. The molecule has 0 heterocycles. The molecule has 1 aliphatic rings. The first-order chi connectivity index (χ1) is 9.63. The van der Waals surface area contributed by atoms with Gasteiger partial charge in [0.1, 0.15) is 12.4 Å². The van der Waals surface area contributed by atoms with Crippen LogP contribution in [-0.4, -0.2) is 5.78 Å². The summed E-state index contributed by atoms with van der Waals surface area (Å²) in [7, 11) is 0. The predicted molar refractivity (Wildman–Crippen MR) is 79.6 cm³/mol. The largest absolute Gasteiger partial charge is 0.489 e. The van der Waals surface area contributed by atoms with Crippen molar-refractivity contribution in [3.8, 4) is 5.75 Å². The molecular weight excluding hydrogens is 272 g/mol. The fourth-order valence-electron chi connectivity index (χ4n) is 2.45. The van der Waals surface area contributed by atoms with Crippen LogP contribution >= 0.6 is 11.6 Å². The Labute approximate surface area is 123 Å². The molecule has 2 nitrogen and oxygen atoms in total. The van der Waals surface area contributed by atoms with Crippen molar-refractivity contribution >= 4 is 17.4 Å². The van der Waals surface area contributed by atoms with Gasteiger partial charge in [0, 0.05) is 22.6 Å². The lowest BCUT2D eigenvalue weighted by Crippen LogP contribution is -1.98. The number of hydrogen-bond acceptors (Lipinski definition) is 2. The number of ketones is 1. The van der Waals surface area contributed by atoms with Crippen LogP contribution in [0, 0.1) is 6.92 Å². The third-order valence-electron chi connectivity index (χ3n) is 3.60. The van der Waals surface area contributed by atoms with Gasteiger partial charge in [0.05, 0.1) is 0 Å². The van der Waals surface area contributed by atoms with E-state index in [-0.39, 0.29) is 5.78 Å². The third-order valence-corrected chi connectivity index (χ3v) is 3.95. The van der Waals surface area contributed by atoms with Crippen LogP contribution in [-0.2, 0) is 13.0 Å². The summed E-state index contributed by atoms with van der Waals surface area (Å²) < 4.78 is 5.78. The monoisotopic (exact) mass is 286 g/mol. The maximum atomic E-state index is 11.6. The molecule has 0 fully saturated rings. The minimum Gasteiger partial charge on any atom is -0.489 e. The number of benzene rings is 2. The van der Waals surface area contributed by atoms with E-state index in [9.17, 15) is 4.79 Å². The van der Waals surface area contributed by atoms with Crippen LogP contribution in [0.1, 0.15) is 33.5 Å². The van der Waals surface area contributed by atoms with Gasteiger partial charge in [-0.2, -0.15) is 0 Å². The number of Topliss-reactive ketones (excluding diaryl/α,β-unsaturated/α-hetero) is 1. The molecule has 3 heteroatoms. The highest BCUT2D eigenvalue weighted by Gasteiger charge is 2.19. The number of aryl methyl sites for hydroxylation is 2. The lowest BCUT2D eigenvalue weighted by molar-refractivity contribution is 0.0994. The van der Waals surface area contributed by atoms with Crippen LogP contribution in [0.15, 0.2) is 36.4 Å². The van der Waals surface area contributed by atoms with Gasteiger partial charge in [0.15, 0.2) is 5.78 Å². The predicted octanol–water partition coefficient (Wildman–Crippen LogP) is 4.36. The summed E-state index contributed by atoms with van der Waals surface area (Å²) in [6.07, 6.45) is 1.43. The average molecular weight is 287 g/mol. The molecule has 0 unspecified atom stereocenters. The van der Waals surface area contributed by atoms with E-state index in [0.717, 1.165) is 39.4 Å². The molecule has 102 valence electrons. The van der Waals surface area contributed by atoms with Gasteiger partial charge in [-0.05, 0) is 48.7 Å². The topological polar surface area (TPSA) is 26.3 Å². The van der Waals surface area contributed by atoms with E-state index in [1.165, 1.54) is 0 Å². The molecule has 2 aromatic carbocycles. The van der Waals surface area contributed by atoms with Gasteiger partial charge in [-0.3, -0.25) is 4.79 Å². The number of carbonyl (C=O) groups is 1. The van der Waals surface area contributed by atoms with Crippen molar-refractivity contribution in [2.75, 3.05) is 0 Å². The van der Waals surface area contributed by atoms with Crippen LogP contribution in [0.3, 0.4) is 0 Å². The van der Waals surface area contributed by atoms with E-state index in [1.54, 1.807) is 0 Å².